The summed E-state index contributed by atoms with van der Waals surface area (Å²) in [4.78, 5) is 4.86. The average molecular weight is 386 g/mol. The molecular formula is C25H27N3O. The predicted molar refractivity (Wildman–Crippen MR) is 119 cm³/mol. The van der Waals surface area contributed by atoms with Gasteiger partial charge in [-0.15, -0.1) is 0 Å². The maximum Gasteiger partial charge on any atom is 0.130 e. The van der Waals surface area contributed by atoms with Gasteiger partial charge in [-0.3, -0.25) is 0 Å². The Morgan fingerprint density at radius 2 is 1.79 bits per heavy atom. The summed E-state index contributed by atoms with van der Waals surface area (Å²) in [5.74, 6) is 1.20. The molecule has 0 fully saturated rings. The Balaban J connectivity index is 1.46. The summed E-state index contributed by atoms with van der Waals surface area (Å²) in [5, 5.41) is 17.5. The number of fused-ring (bicyclic) bond motifs is 2. The molecule has 3 heterocycles. The van der Waals surface area contributed by atoms with Crippen LogP contribution in [0.2, 0.25) is 0 Å². The van der Waals surface area contributed by atoms with Crippen LogP contribution in [0.25, 0.3) is 11.3 Å². The largest absolute Gasteiger partial charge is 0.507 e. The van der Waals surface area contributed by atoms with Crippen LogP contribution in [0.3, 0.4) is 0 Å². The van der Waals surface area contributed by atoms with Gasteiger partial charge in [-0.1, -0.05) is 30.3 Å². The van der Waals surface area contributed by atoms with E-state index in [1.165, 1.54) is 34.4 Å². The zero-order valence-electron chi connectivity index (χ0n) is 17.0. The lowest BCUT2D eigenvalue weighted by Crippen LogP contribution is -2.24. The molecule has 148 valence electrons. The van der Waals surface area contributed by atoms with Crippen LogP contribution in [-0.4, -0.2) is 16.1 Å². The van der Waals surface area contributed by atoms with Crippen LogP contribution >= 0.6 is 0 Å². The molecule has 0 bridgehead atoms. The van der Waals surface area contributed by atoms with Gasteiger partial charge < -0.3 is 15.7 Å². The molecule has 2 aliphatic heterocycles. The van der Waals surface area contributed by atoms with Gasteiger partial charge in [0.15, 0.2) is 0 Å². The fraction of sp³-hybridized carbons (Fsp3) is 0.320. The van der Waals surface area contributed by atoms with E-state index in [2.05, 4.69) is 42.7 Å². The lowest BCUT2D eigenvalue weighted by atomic mass is 9.89. The molecular weight excluding hydrogens is 358 g/mol. The first-order valence-electron chi connectivity index (χ1n) is 10.5. The molecule has 29 heavy (non-hydrogen) atoms. The summed E-state index contributed by atoms with van der Waals surface area (Å²) in [7, 11) is 0. The van der Waals surface area contributed by atoms with E-state index < -0.39 is 0 Å². The quantitative estimate of drug-likeness (QED) is 0.537. The number of pyridine rings is 1. The topological polar surface area (TPSA) is 57.2 Å². The van der Waals surface area contributed by atoms with Crippen molar-refractivity contribution in [3.63, 3.8) is 0 Å². The maximum atomic E-state index is 10.2. The Morgan fingerprint density at radius 3 is 2.66 bits per heavy atom. The number of aryl methyl sites for hydroxylation is 3. The molecule has 3 aromatic rings. The molecule has 0 radical (unpaired) electrons. The highest BCUT2D eigenvalue weighted by Gasteiger charge is 2.24. The van der Waals surface area contributed by atoms with E-state index in [0.29, 0.717) is 6.04 Å². The lowest BCUT2D eigenvalue weighted by Gasteiger charge is -2.30. The van der Waals surface area contributed by atoms with Crippen molar-refractivity contribution in [2.45, 2.75) is 51.6 Å². The molecule has 0 amide bonds. The van der Waals surface area contributed by atoms with Gasteiger partial charge in [-0.25, -0.2) is 4.98 Å². The Kier molecular flexibility index (Phi) is 4.42. The molecule has 0 spiro atoms. The number of hydrogen-bond donors (Lipinski definition) is 3. The number of aromatic hydroxyl groups is 1. The van der Waals surface area contributed by atoms with E-state index >= 15 is 0 Å². The third-order valence-corrected chi connectivity index (χ3v) is 6.25. The second-order valence-corrected chi connectivity index (χ2v) is 8.41. The molecule has 0 saturated carbocycles. The predicted octanol–water partition coefficient (Wildman–Crippen LogP) is 5.61. The number of phenols is 1. The molecule has 0 aliphatic carbocycles. The van der Waals surface area contributed by atoms with Gasteiger partial charge in [0.25, 0.3) is 0 Å². The van der Waals surface area contributed by atoms with Crippen molar-refractivity contribution in [2.75, 3.05) is 10.6 Å². The minimum atomic E-state index is 0.262. The standard InChI is InChI=1S/C25H27N3O/c1-15-13-19(14-18-8-7-16(2)26-24(15)18)21-11-9-17-10-12-22(28-25(17)27-21)20-5-3-4-6-23(20)29/h3-6,10,12-14,16,21,26,29H,7-9,11H2,1-2H3,(H,27,28). The number of nitrogens with one attached hydrogen (secondary N) is 2. The number of benzene rings is 2. The molecule has 4 nitrogen and oxygen atoms in total. The summed E-state index contributed by atoms with van der Waals surface area (Å²) in [5.41, 5.74) is 8.24. The molecule has 2 atom stereocenters. The zero-order valence-corrected chi connectivity index (χ0v) is 17.0. The second-order valence-electron chi connectivity index (χ2n) is 8.41. The number of hydrogen-bond acceptors (Lipinski definition) is 4. The maximum absolute atomic E-state index is 10.2. The Bertz CT molecular complexity index is 1080. The first-order chi connectivity index (χ1) is 14.1. The number of phenolic OH excluding ortho intramolecular Hbond substituents is 1. The third kappa shape index (κ3) is 3.33. The Labute approximate surface area is 172 Å². The summed E-state index contributed by atoms with van der Waals surface area (Å²) >= 11 is 0. The van der Waals surface area contributed by atoms with Gasteiger partial charge in [-0.2, -0.15) is 0 Å². The van der Waals surface area contributed by atoms with Crippen LogP contribution < -0.4 is 10.6 Å². The Morgan fingerprint density at radius 1 is 0.966 bits per heavy atom. The minimum absolute atomic E-state index is 0.262. The van der Waals surface area contributed by atoms with Gasteiger partial charge in [0.2, 0.25) is 0 Å². The fourth-order valence-electron chi connectivity index (χ4n) is 4.63. The van der Waals surface area contributed by atoms with Crippen molar-refractivity contribution >= 4 is 11.5 Å². The smallest absolute Gasteiger partial charge is 0.130 e. The van der Waals surface area contributed by atoms with Gasteiger partial charge in [0.1, 0.15) is 11.6 Å². The number of para-hydroxylation sites is 1. The summed E-state index contributed by atoms with van der Waals surface area (Å²) < 4.78 is 0. The van der Waals surface area contributed by atoms with Crippen molar-refractivity contribution in [2.24, 2.45) is 0 Å². The average Bonchev–Trinajstić information content (AvgIpc) is 2.73. The van der Waals surface area contributed by atoms with Crippen molar-refractivity contribution in [1.82, 2.24) is 4.98 Å². The van der Waals surface area contributed by atoms with E-state index in [-0.39, 0.29) is 11.8 Å². The van der Waals surface area contributed by atoms with E-state index in [1.807, 2.05) is 24.3 Å². The van der Waals surface area contributed by atoms with Crippen LogP contribution in [0.4, 0.5) is 11.5 Å². The molecule has 4 heteroatoms. The first-order valence-corrected chi connectivity index (χ1v) is 10.5. The van der Waals surface area contributed by atoms with E-state index in [9.17, 15) is 5.11 Å². The molecule has 2 aliphatic rings. The second kappa shape index (κ2) is 7.11. The van der Waals surface area contributed by atoms with Crippen molar-refractivity contribution in [3.05, 3.63) is 70.8 Å². The summed E-state index contributed by atoms with van der Waals surface area (Å²) in [6.45, 7) is 4.46. The van der Waals surface area contributed by atoms with Crippen LogP contribution in [0, 0.1) is 6.92 Å². The molecule has 5 rings (SSSR count). The van der Waals surface area contributed by atoms with Gasteiger partial charge in [0, 0.05) is 17.3 Å². The summed E-state index contributed by atoms with van der Waals surface area (Å²) in [6.07, 6.45) is 4.39. The lowest BCUT2D eigenvalue weighted by molar-refractivity contribution is 0.477. The van der Waals surface area contributed by atoms with Crippen molar-refractivity contribution < 1.29 is 5.11 Å². The van der Waals surface area contributed by atoms with E-state index in [1.54, 1.807) is 6.07 Å². The van der Waals surface area contributed by atoms with Gasteiger partial charge in [-0.05, 0) is 80.0 Å². The van der Waals surface area contributed by atoms with Crippen LogP contribution in [0.15, 0.2) is 48.5 Å². The third-order valence-electron chi connectivity index (χ3n) is 6.25. The molecule has 2 aromatic carbocycles. The van der Waals surface area contributed by atoms with Gasteiger partial charge >= 0.3 is 0 Å². The SMILES string of the molecule is Cc1cc(C2CCc3ccc(-c4ccccc4O)nc3N2)cc2c1NC(C)CC2. The zero-order chi connectivity index (χ0) is 20.0. The monoisotopic (exact) mass is 385 g/mol. The first kappa shape index (κ1) is 18.0. The van der Waals surface area contributed by atoms with E-state index in [4.69, 9.17) is 4.98 Å². The molecule has 3 N–H and O–H groups in total. The number of rotatable bonds is 2. The van der Waals surface area contributed by atoms with Crippen molar-refractivity contribution in [1.29, 1.82) is 0 Å². The molecule has 0 saturated heterocycles. The fourth-order valence-corrected chi connectivity index (χ4v) is 4.63. The number of nitrogens with zero attached hydrogens (tertiary/aromatic N) is 1. The molecule has 1 aromatic heterocycles. The van der Waals surface area contributed by atoms with Crippen molar-refractivity contribution in [3.8, 4) is 17.0 Å². The highest BCUT2D eigenvalue weighted by molar-refractivity contribution is 5.69. The number of aromatic nitrogens is 1. The summed E-state index contributed by atoms with van der Waals surface area (Å²) in [6, 6.07) is 17.0. The Hall–Kier alpha value is -3.01. The number of anilines is 2. The van der Waals surface area contributed by atoms with E-state index in [0.717, 1.165) is 36.3 Å². The molecule has 2 unspecified atom stereocenters. The van der Waals surface area contributed by atoms with Crippen LogP contribution in [0.1, 0.15) is 48.1 Å². The van der Waals surface area contributed by atoms with Crippen LogP contribution in [0.5, 0.6) is 5.75 Å². The highest BCUT2D eigenvalue weighted by Crippen LogP contribution is 2.37. The van der Waals surface area contributed by atoms with Crippen LogP contribution in [-0.2, 0) is 12.8 Å². The highest BCUT2D eigenvalue weighted by atomic mass is 16.3. The minimum Gasteiger partial charge on any atom is -0.507 e. The normalized spacial score (nSPS) is 20.2. The van der Waals surface area contributed by atoms with Gasteiger partial charge in [0.05, 0.1) is 11.7 Å².